The number of nitrogens with one attached hydrogen (secondary N) is 1. The van der Waals surface area contributed by atoms with Crippen LogP contribution in [0.3, 0.4) is 0 Å². The first-order chi connectivity index (χ1) is 11.5. The first-order valence-corrected chi connectivity index (χ1v) is 8.16. The van der Waals surface area contributed by atoms with Gasteiger partial charge in [0, 0.05) is 46.8 Å². The topological polar surface area (TPSA) is 78.5 Å². The smallest absolute Gasteiger partial charge is 0.246 e. The van der Waals surface area contributed by atoms with Gasteiger partial charge in [-0.15, -0.1) is 0 Å². The quantitative estimate of drug-likeness (QED) is 0.796. The average molecular weight is 334 g/mol. The highest BCUT2D eigenvalue weighted by molar-refractivity contribution is 5.91. The van der Waals surface area contributed by atoms with E-state index in [-0.39, 0.29) is 11.8 Å². The van der Waals surface area contributed by atoms with E-state index in [0.29, 0.717) is 25.9 Å². The second kappa shape index (κ2) is 8.10. The standard InChI is InChI=1S/C17H26N4O3/c1-20(2)15(22)7-9-17(24-3)8-4-10-21(12-17)16(23)6-5-14-11-18-13-19-14/h5-6,11,13H,4,7-10,12H2,1-3H3,(H,18,19)/b6-5+/t17-/m0/s1. The van der Waals surface area contributed by atoms with Gasteiger partial charge in [-0.3, -0.25) is 9.59 Å². The van der Waals surface area contributed by atoms with Crippen LogP contribution >= 0.6 is 0 Å². The van der Waals surface area contributed by atoms with E-state index in [2.05, 4.69) is 9.97 Å². The van der Waals surface area contributed by atoms with Crippen molar-refractivity contribution >= 4 is 17.9 Å². The third-order valence-electron chi connectivity index (χ3n) is 4.50. The maximum absolute atomic E-state index is 12.4. The zero-order valence-corrected chi connectivity index (χ0v) is 14.6. The molecule has 1 aliphatic rings. The molecule has 2 amide bonds. The highest BCUT2D eigenvalue weighted by Gasteiger charge is 2.37. The van der Waals surface area contributed by atoms with E-state index in [1.807, 2.05) is 0 Å². The van der Waals surface area contributed by atoms with E-state index >= 15 is 0 Å². The molecule has 0 radical (unpaired) electrons. The van der Waals surface area contributed by atoms with Crippen LogP contribution in [0.4, 0.5) is 0 Å². The van der Waals surface area contributed by atoms with Crippen LogP contribution in [0.1, 0.15) is 31.4 Å². The van der Waals surface area contributed by atoms with Crippen molar-refractivity contribution in [2.45, 2.75) is 31.3 Å². The predicted molar refractivity (Wildman–Crippen MR) is 91.1 cm³/mol. The molecule has 1 aliphatic heterocycles. The van der Waals surface area contributed by atoms with Gasteiger partial charge in [0.15, 0.2) is 0 Å². The summed E-state index contributed by atoms with van der Waals surface area (Å²) < 4.78 is 5.73. The summed E-state index contributed by atoms with van der Waals surface area (Å²) in [6.45, 7) is 1.22. The van der Waals surface area contributed by atoms with Crippen LogP contribution in [-0.2, 0) is 14.3 Å². The number of imidazole rings is 1. The molecule has 1 aromatic heterocycles. The van der Waals surface area contributed by atoms with Gasteiger partial charge in [-0.2, -0.15) is 0 Å². The van der Waals surface area contributed by atoms with E-state index in [1.54, 1.807) is 55.7 Å². The number of likely N-dealkylation sites (tertiary alicyclic amines) is 1. The van der Waals surface area contributed by atoms with Crippen molar-refractivity contribution in [3.05, 3.63) is 24.3 Å². The average Bonchev–Trinajstić information content (AvgIpc) is 3.11. The number of aromatic nitrogens is 2. The lowest BCUT2D eigenvalue weighted by molar-refractivity contribution is -0.138. The summed E-state index contributed by atoms with van der Waals surface area (Å²) in [5, 5.41) is 0. The lowest BCUT2D eigenvalue weighted by Crippen LogP contribution is -2.51. The molecule has 0 aromatic carbocycles. The van der Waals surface area contributed by atoms with Crippen LogP contribution in [0.5, 0.6) is 0 Å². The first-order valence-electron chi connectivity index (χ1n) is 8.16. The molecule has 2 heterocycles. The van der Waals surface area contributed by atoms with Crippen LogP contribution in [0.15, 0.2) is 18.6 Å². The van der Waals surface area contributed by atoms with Crippen molar-refractivity contribution in [3.8, 4) is 0 Å². The number of carbonyl (C=O) groups is 2. The van der Waals surface area contributed by atoms with Gasteiger partial charge in [0.05, 0.1) is 23.8 Å². The van der Waals surface area contributed by atoms with E-state index in [9.17, 15) is 9.59 Å². The summed E-state index contributed by atoms with van der Waals surface area (Å²) in [5.41, 5.74) is 0.344. The molecule has 0 saturated carbocycles. The minimum atomic E-state index is -0.443. The fourth-order valence-corrected chi connectivity index (χ4v) is 2.94. The van der Waals surface area contributed by atoms with Gasteiger partial charge in [0.2, 0.25) is 11.8 Å². The largest absolute Gasteiger partial charge is 0.376 e. The van der Waals surface area contributed by atoms with E-state index in [4.69, 9.17) is 4.74 Å². The minimum absolute atomic E-state index is 0.0512. The van der Waals surface area contributed by atoms with Crippen LogP contribution < -0.4 is 0 Å². The maximum Gasteiger partial charge on any atom is 0.246 e. The number of piperidine rings is 1. The summed E-state index contributed by atoms with van der Waals surface area (Å²) >= 11 is 0. The minimum Gasteiger partial charge on any atom is -0.376 e. The van der Waals surface area contributed by atoms with Crippen LogP contribution in [0.2, 0.25) is 0 Å². The monoisotopic (exact) mass is 334 g/mol. The number of aromatic amines is 1. The molecule has 7 nitrogen and oxygen atoms in total. The number of hydrogen-bond donors (Lipinski definition) is 1. The molecule has 132 valence electrons. The summed E-state index contributed by atoms with van der Waals surface area (Å²) in [5.74, 6) is 0.0266. The van der Waals surface area contributed by atoms with Crippen molar-refractivity contribution < 1.29 is 14.3 Å². The molecule has 0 bridgehead atoms. The van der Waals surface area contributed by atoms with Gasteiger partial charge >= 0.3 is 0 Å². The molecule has 7 heteroatoms. The zero-order valence-electron chi connectivity index (χ0n) is 14.6. The molecule has 0 aliphatic carbocycles. The number of nitrogens with zero attached hydrogens (tertiary/aromatic N) is 3. The second-order valence-corrected chi connectivity index (χ2v) is 6.38. The number of amides is 2. The lowest BCUT2D eigenvalue weighted by Gasteiger charge is -2.41. The number of methoxy groups -OCH3 is 1. The number of hydrogen-bond acceptors (Lipinski definition) is 4. The fraction of sp³-hybridized carbons (Fsp3) is 0.588. The molecule has 1 fully saturated rings. The zero-order chi connectivity index (χ0) is 17.6. The highest BCUT2D eigenvalue weighted by Crippen LogP contribution is 2.29. The van der Waals surface area contributed by atoms with Gasteiger partial charge in [-0.1, -0.05) is 0 Å². The Morgan fingerprint density at radius 2 is 2.29 bits per heavy atom. The predicted octanol–water partition coefficient (Wildman–Crippen LogP) is 1.30. The number of ether oxygens (including phenoxy) is 1. The van der Waals surface area contributed by atoms with E-state index in [1.165, 1.54) is 0 Å². The first kappa shape index (κ1) is 18.2. The summed E-state index contributed by atoms with van der Waals surface area (Å²) in [4.78, 5) is 34.5. The number of rotatable bonds is 6. The molecule has 1 aromatic rings. The van der Waals surface area contributed by atoms with Gasteiger partial charge in [0.25, 0.3) is 0 Å². The van der Waals surface area contributed by atoms with Crippen molar-refractivity contribution in [2.75, 3.05) is 34.3 Å². The van der Waals surface area contributed by atoms with Gasteiger partial charge in [-0.05, 0) is 25.3 Å². The third-order valence-corrected chi connectivity index (χ3v) is 4.50. The number of carbonyl (C=O) groups excluding carboxylic acids is 2. The van der Waals surface area contributed by atoms with Crippen molar-refractivity contribution in [2.24, 2.45) is 0 Å². The molecular weight excluding hydrogens is 308 g/mol. The summed E-state index contributed by atoms with van der Waals surface area (Å²) in [6.07, 6.45) is 9.26. The molecule has 0 unspecified atom stereocenters. The third kappa shape index (κ3) is 4.67. The molecule has 2 rings (SSSR count). The van der Waals surface area contributed by atoms with E-state index in [0.717, 1.165) is 18.5 Å². The second-order valence-electron chi connectivity index (χ2n) is 6.38. The van der Waals surface area contributed by atoms with Crippen LogP contribution in [0, 0.1) is 0 Å². The van der Waals surface area contributed by atoms with Crippen molar-refractivity contribution in [3.63, 3.8) is 0 Å². The lowest BCUT2D eigenvalue weighted by atomic mass is 9.87. The summed E-state index contributed by atoms with van der Waals surface area (Å²) in [6, 6.07) is 0. The molecule has 1 atom stereocenters. The summed E-state index contributed by atoms with van der Waals surface area (Å²) in [7, 11) is 5.16. The Bertz CT molecular complexity index is 583. The SMILES string of the molecule is CO[C@]1(CCC(=O)N(C)C)CCCN(C(=O)/C=C/c2cnc[nH]2)C1. The molecule has 1 saturated heterocycles. The Morgan fingerprint density at radius 1 is 1.50 bits per heavy atom. The van der Waals surface area contributed by atoms with Gasteiger partial charge in [0.1, 0.15) is 0 Å². The fourth-order valence-electron chi connectivity index (χ4n) is 2.94. The molecule has 24 heavy (non-hydrogen) atoms. The molecular formula is C17H26N4O3. The Balaban J connectivity index is 1.97. The van der Waals surface area contributed by atoms with Crippen LogP contribution in [-0.4, -0.2) is 71.5 Å². The molecule has 1 N–H and O–H groups in total. The Morgan fingerprint density at radius 3 is 2.92 bits per heavy atom. The van der Waals surface area contributed by atoms with E-state index < -0.39 is 5.60 Å². The maximum atomic E-state index is 12.4. The van der Waals surface area contributed by atoms with Crippen molar-refractivity contribution in [1.82, 2.24) is 19.8 Å². The Kier molecular flexibility index (Phi) is 6.14. The van der Waals surface area contributed by atoms with Crippen molar-refractivity contribution in [1.29, 1.82) is 0 Å². The van der Waals surface area contributed by atoms with Gasteiger partial charge in [-0.25, -0.2) is 4.98 Å². The Hall–Kier alpha value is -2.15. The number of H-pyrrole nitrogens is 1. The van der Waals surface area contributed by atoms with Gasteiger partial charge < -0.3 is 19.5 Å². The van der Waals surface area contributed by atoms with Crippen LogP contribution in [0.25, 0.3) is 6.08 Å². The molecule has 0 spiro atoms. The normalized spacial score (nSPS) is 21.2. The Labute approximate surface area is 142 Å². The highest BCUT2D eigenvalue weighted by atomic mass is 16.5.